The van der Waals surface area contributed by atoms with E-state index in [1.807, 2.05) is 0 Å². The van der Waals surface area contributed by atoms with Gasteiger partial charge in [0.1, 0.15) is 12.9 Å². The first-order chi connectivity index (χ1) is 18.1. The first-order valence-corrected chi connectivity index (χ1v) is 12.5. The number of nitrogens with zero attached hydrogens (tertiary/aromatic N) is 2. The van der Waals surface area contributed by atoms with Crippen LogP contribution in [0.25, 0.3) is 44.9 Å². The zero-order valence-corrected chi connectivity index (χ0v) is 23.4. The molecule has 0 aliphatic rings. The fourth-order valence-electron chi connectivity index (χ4n) is 5.04. The SMILES string of the molecule is CCn1c2ccc(C#Cc3ccc(F)cc3)cc2c2cc(/C=C/c3cc[n+](C)c4ccccc34)ccc21.[I-]. The van der Waals surface area contributed by atoms with Gasteiger partial charge in [-0.3, -0.25) is 0 Å². The highest BCUT2D eigenvalue weighted by Gasteiger charge is 2.11. The fourth-order valence-corrected chi connectivity index (χ4v) is 5.04. The molecule has 4 heteroatoms. The molecule has 0 amide bonds. The molecular weight excluding hydrogens is 582 g/mol. The van der Waals surface area contributed by atoms with Gasteiger partial charge in [-0.1, -0.05) is 42.2 Å². The molecule has 0 saturated heterocycles. The van der Waals surface area contributed by atoms with Crippen molar-refractivity contribution in [3.63, 3.8) is 0 Å². The Morgan fingerprint density at radius 3 is 2.24 bits per heavy atom. The quantitative estimate of drug-likeness (QED) is 0.159. The second-order valence-electron chi connectivity index (χ2n) is 9.24. The van der Waals surface area contributed by atoms with Crippen LogP contribution in [0.4, 0.5) is 4.39 Å². The number of pyridine rings is 1. The van der Waals surface area contributed by atoms with Gasteiger partial charge in [-0.2, -0.15) is 0 Å². The second-order valence-corrected chi connectivity index (χ2v) is 9.24. The van der Waals surface area contributed by atoms with Crippen LogP contribution in [0.2, 0.25) is 0 Å². The Hall–Kier alpha value is -3.95. The molecule has 2 heterocycles. The average Bonchev–Trinajstić information content (AvgIpc) is 3.25. The summed E-state index contributed by atoms with van der Waals surface area (Å²) in [6, 6.07) is 30.0. The molecular formula is C34H26FIN2. The van der Waals surface area contributed by atoms with Crippen LogP contribution in [-0.2, 0) is 13.6 Å². The fraction of sp³-hybridized carbons (Fsp3) is 0.0882. The van der Waals surface area contributed by atoms with Crippen LogP contribution in [0.1, 0.15) is 29.2 Å². The summed E-state index contributed by atoms with van der Waals surface area (Å²) in [6.45, 7) is 3.07. The third-order valence-corrected chi connectivity index (χ3v) is 6.93. The maximum absolute atomic E-state index is 13.2. The van der Waals surface area contributed by atoms with Gasteiger partial charge >= 0.3 is 0 Å². The number of aryl methyl sites for hydroxylation is 2. The maximum Gasteiger partial charge on any atom is 0.212 e. The number of hydrogen-bond donors (Lipinski definition) is 0. The highest BCUT2D eigenvalue weighted by molar-refractivity contribution is 6.09. The van der Waals surface area contributed by atoms with Crippen LogP contribution in [0.3, 0.4) is 0 Å². The summed E-state index contributed by atoms with van der Waals surface area (Å²) in [5.74, 6) is 6.15. The maximum atomic E-state index is 13.2. The molecule has 6 rings (SSSR count). The van der Waals surface area contributed by atoms with Crippen molar-refractivity contribution < 1.29 is 32.9 Å². The minimum Gasteiger partial charge on any atom is -1.00 e. The summed E-state index contributed by atoms with van der Waals surface area (Å²) < 4.78 is 17.7. The normalized spacial score (nSPS) is 11.1. The summed E-state index contributed by atoms with van der Waals surface area (Å²) in [5.41, 5.74) is 7.72. The Kier molecular flexibility index (Phi) is 7.31. The van der Waals surface area contributed by atoms with Crippen LogP contribution in [-0.4, -0.2) is 4.57 Å². The lowest BCUT2D eigenvalue weighted by atomic mass is 10.0. The van der Waals surface area contributed by atoms with Crippen molar-refractivity contribution in [3.8, 4) is 11.8 Å². The number of fused-ring (bicyclic) bond motifs is 4. The molecule has 0 fully saturated rings. The number of para-hydroxylation sites is 1. The molecule has 2 aromatic heterocycles. The van der Waals surface area contributed by atoms with Crippen LogP contribution < -0.4 is 28.5 Å². The standard InChI is InChI=1S/C34H26FN2.HI/c1-3-37-33-18-13-25(9-8-24-11-16-28(35)17-12-24)22-30(33)31-23-26(14-19-34(31)37)10-15-27-20-21-36(2)32-7-5-4-6-29(27)32;/h4-7,10-23H,3H2,1-2H3;1H/q+1;/p-1. The van der Waals surface area contributed by atoms with Crippen molar-refractivity contribution in [2.45, 2.75) is 13.5 Å². The summed E-state index contributed by atoms with van der Waals surface area (Å²) in [5, 5.41) is 3.64. The second kappa shape index (κ2) is 10.8. The Balaban J connectivity index is 0.00000294. The van der Waals surface area contributed by atoms with Crippen LogP contribution in [0.15, 0.2) is 97.2 Å². The molecule has 0 bridgehead atoms. The lowest BCUT2D eigenvalue weighted by Crippen LogP contribution is -3.00. The number of hydrogen-bond acceptors (Lipinski definition) is 0. The summed E-state index contributed by atoms with van der Waals surface area (Å²) in [6.07, 6.45) is 6.49. The molecule has 0 N–H and O–H groups in total. The topological polar surface area (TPSA) is 8.81 Å². The molecule has 4 aromatic carbocycles. The highest BCUT2D eigenvalue weighted by Crippen LogP contribution is 2.31. The van der Waals surface area contributed by atoms with Crippen LogP contribution >= 0.6 is 0 Å². The largest absolute Gasteiger partial charge is 1.00 e. The molecule has 186 valence electrons. The van der Waals surface area contributed by atoms with Crippen molar-refractivity contribution in [3.05, 3.63) is 125 Å². The van der Waals surface area contributed by atoms with E-state index in [2.05, 4.69) is 120 Å². The van der Waals surface area contributed by atoms with Gasteiger partial charge in [0.05, 0.1) is 5.39 Å². The van der Waals surface area contributed by atoms with E-state index in [1.54, 1.807) is 12.1 Å². The highest BCUT2D eigenvalue weighted by atomic mass is 127. The average molecular weight is 608 g/mol. The zero-order valence-electron chi connectivity index (χ0n) is 21.2. The monoisotopic (exact) mass is 608 g/mol. The third kappa shape index (κ3) is 4.82. The molecule has 0 saturated carbocycles. The molecule has 2 nitrogen and oxygen atoms in total. The van der Waals surface area contributed by atoms with Crippen LogP contribution in [0, 0.1) is 17.7 Å². The van der Waals surface area contributed by atoms with E-state index < -0.39 is 0 Å². The van der Waals surface area contributed by atoms with Gasteiger partial charge in [0.25, 0.3) is 0 Å². The minimum absolute atomic E-state index is 0. The summed E-state index contributed by atoms with van der Waals surface area (Å²) >= 11 is 0. The molecule has 0 atom stereocenters. The van der Waals surface area contributed by atoms with Crippen LogP contribution in [0.5, 0.6) is 0 Å². The minimum atomic E-state index is -0.251. The van der Waals surface area contributed by atoms with E-state index in [0.717, 1.165) is 23.2 Å². The Morgan fingerprint density at radius 1 is 0.763 bits per heavy atom. The number of aromatic nitrogens is 2. The van der Waals surface area contributed by atoms with E-state index in [0.29, 0.717) is 0 Å². The lowest BCUT2D eigenvalue weighted by Gasteiger charge is -2.03. The Morgan fingerprint density at radius 2 is 1.45 bits per heavy atom. The van der Waals surface area contributed by atoms with E-state index in [1.165, 1.54) is 50.4 Å². The van der Waals surface area contributed by atoms with Crippen molar-refractivity contribution in [1.82, 2.24) is 4.57 Å². The van der Waals surface area contributed by atoms with Gasteiger partial charge in [-0.25, -0.2) is 8.96 Å². The third-order valence-electron chi connectivity index (χ3n) is 6.93. The van der Waals surface area contributed by atoms with E-state index in [4.69, 9.17) is 0 Å². The molecule has 6 aromatic rings. The van der Waals surface area contributed by atoms with Gasteiger partial charge in [-0.15, -0.1) is 0 Å². The van der Waals surface area contributed by atoms with Gasteiger partial charge in [0, 0.05) is 51.6 Å². The summed E-state index contributed by atoms with van der Waals surface area (Å²) in [7, 11) is 2.07. The van der Waals surface area contributed by atoms with Crippen molar-refractivity contribution in [2.24, 2.45) is 7.05 Å². The van der Waals surface area contributed by atoms with E-state index in [9.17, 15) is 4.39 Å². The molecule has 38 heavy (non-hydrogen) atoms. The van der Waals surface area contributed by atoms with Gasteiger partial charge in [-0.05, 0) is 78.7 Å². The smallest absolute Gasteiger partial charge is 0.212 e. The summed E-state index contributed by atoms with van der Waals surface area (Å²) in [4.78, 5) is 0. The Bertz CT molecular complexity index is 1890. The Labute approximate surface area is 239 Å². The van der Waals surface area contributed by atoms with Gasteiger partial charge in [0.2, 0.25) is 5.52 Å². The number of halogens is 2. The van der Waals surface area contributed by atoms with Gasteiger partial charge in [0.15, 0.2) is 6.20 Å². The zero-order chi connectivity index (χ0) is 25.4. The number of benzene rings is 4. The molecule has 0 aliphatic carbocycles. The van der Waals surface area contributed by atoms with Gasteiger partial charge < -0.3 is 28.5 Å². The molecule has 0 spiro atoms. The van der Waals surface area contributed by atoms with E-state index in [-0.39, 0.29) is 29.8 Å². The van der Waals surface area contributed by atoms with E-state index >= 15 is 0 Å². The lowest BCUT2D eigenvalue weighted by molar-refractivity contribution is -0.644. The number of rotatable bonds is 3. The first kappa shape index (κ1) is 25.7. The predicted molar refractivity (Wildman–Crippen MR) is 152 cm³/mol. The molecule has 0 aliphatic heterocycles. The predicted octanol–water partition coefficient (Wildman–Crippen LogP) is 4.51. The molecule has 0 unspecified atom stereocenters. The van der Waals surface area contributed by atoms with Crippen molar-refractivity contribution in [1.29, 1.82) is 0 Å². The van der Waals surface area contributed by atoms with Crippen molar-refractivity contribution >= 4 is 44.9 Å². The molecule has 0 radical (unpaired) electrons. The van der Waals surface area contributed by atoms with Crippen molar-refractivity contribution in [2.75, 3.05) is 0 Å². The first-order valence-electron chi connectivity index (χ1n) is 12.5.